The maximum absolute atomic E-state index is 12.8. The predicted molar refractivity (Wildman–Crippen MR) is 74.3 cm³/mol. The first-order chi connectivity index (χ1) is 10.8. The summed E-state index contributed by atoms with van der Waals surface area (Å²) in [5, 5.41) is 11.6. The van der Waals surface area contributed by atoms with Crippen LogP contribution in [0.15, 0.2) is 24.3 Å². The van der Waals surface area contributed by atoms with Gasteiger partial charge in [0.05, 0.1) is 23.4 Å². The molecule has 2 aliphatic carbocycles. The van der Waals surface area contributed by atoms with Crippen LogP contribution >= 0.6 is 0 Å². The van der Waals surface area contributed by atoms with Crippen molar-refractivity contribution in [3.8, 4) is 0 Å². The fourth-order valence-electron chi connectivity index (χ4n) is 2.83. The molecule has 2 fully saturated rings. The molecular weight excluding hydrogens is 311 g/mol. The van der Waals surface area contributed by atoms with Gasteiger partial charge in [-0.2, -0.15) is 13.2 Å². The normalized spacial score (nSPS) is 24.8. The van der Waals surface area contributed by atoms with Gasteiger partial charge < -0.3 is 10.4 Å². The van der Waals surface area contributed by atoms with Gasteiger partial charge in [0.2, 0.25) is 5.91 Å². The van der Waals surface area contributed by atoms with Crippen molar-refractivity contribution in [1.29, 1.82) is 0 Å². The molecule has 1 amide bonds. The number of nitrogens with one attached hydrogen (secondary N) is 1. The number of halogens is 3. The van der Waals surface area contributed by atoms with Gasteiger partial charge in [-0.05, 0) is 42.9 Å². The first-order valence-corrected chi connectivity index (χ1v) is 7.47. The average molecular weight is 327 g/mol. The topological polar surface area (TPSA) is 66.4 Å². The summed E-state index contributed by atoms with van der Waals surface area (Å²) in [7, 11) is 0. The zero-order chi connectivity index (χ0) is 16.8. The lowest BCUT2D eigenvalue weighted by Crippen LogP contribution is -2.32. The molecule has 1 aromatic carbocycles. The Balaban J connectivity index is 1.75. The fraction of sp³-hybridized carbons (Fsp3) is 0.500. The van der Waals surface area contributed by atoms with Gasteiger partial charge in [-0.25, -0.2) is 0 Å². The van der Waals surface area contributed by atoms with Crippen LogP contribution in [0.4, 0.5) is 13.2 Å². The number of carbonyl (C=O) groups excluding carboxylic acids is 1. The molecule has 0 aromatic heterocycles. The quantitative estimate of drug-likeness (QED) is 0.874. The summed E-state index contributed by atoms with van der Waals surface area (Å²) < 4.78 is 38.5. The smallest absolute Gasteiger partial charge is 0.416 e. The minimum atomic E-state index is -4.43. The van der Waals surface area contributed by atoms with E-state index in [1.165, 1.54) is 6.07 Å². The van der Waals surface area contributed by atoms with Crippen LogP contribution in [-0.2, 0) is 15.8 Å². The summed E-state index contributed by atoms with van der Waals surface area (Å²) in [4.78, 5) is 22.9. The van der Waals surface area contributed by atoms with E-state index in [2.05, 4.69) is 5.32 Å². The maximum Gasteiger partial charge on any atom is 0.416 e. The number of aliphatic carboxylic acids is 1. The van der Waals surface area contributed by atoms with Crippen molar-refractivity contribution in [2.45, 2.75) is 31.5 Å². The van der Waals surface area contributed by atoms with E-state index in [-0.39, 0.29) is 11.8 Å². The van der Waals surface area contributed by atoms with E-state index in [1.54, 1.807) is 6.07 Å². The molecule has 0 aliphatic heterocycles. The molecule has 2 aliphatic rings. The third-order valence-corrected chi connectivity index (χ3v) is 4.41. The van der Waals surface area contributed by atoms with Gasteiger partial charge in [-0.1, -0.05) is 12.1 Å². The van der Waals surface area contributed by atoms with Gasteiger partial charge in [0.25, 0.3) is 0 Å². The van der Waals surface area contributed by atoms with Gasteiger partial charge in [-0.3, -0.25) is 9.59 Å². The zero-order valence-corrected chi connectivity index (χ0v) is 12.1. The second-order valence-corrected chi connectivity index (χ2v) is 6.23. The molecule has 0 heterocycles. The highest BCUT2D eigenvalue weighted by molar-refractivity contribution is 5.89. The lowest BCUT2D eigenvalue weighted by Gasteiger charge is -2.20. The number of carbonyl (C=O) groups is 2. The Kier molecular flexibility index (Phi) is 3.82. The molecule has 4 nitrogen and oxygen atoms in total. The summed E-state index contributed by atoms with van der Waals surface area (Å²) in [6.07, 6.45) is -2.46. The summed E-state index contributed by atoms with van der Waals surface area (Å²) in [5.41, 5.74) is -0.326. The maximum atomic E-state index is 12.8. The van der Waals surface area contributed by atoms with Crippen LogP contribution in [0, 0.1) is 17.8 Å². The van der Waals surface area contributed by atoms with Crippen molar-refractivity contribution in [3.05, 3.63) is 35.4 Å². The van der Waals surface area contributed by atoms with Crippen molar-refractivity contribution in [2.75, 3.05) is 0 Å². The zero-order valence-electron chi connectivity index (χ0n) is 12.1. The van der Waals surface area contributed by atoms with Crippen LogP contribution in [0.1, 0.15) is 36.4 Å². The molecule has 3 unspecified atom stereocenters. The Morgan fingerprint density at radius 1 is 1.22 bits per heavy atom. The number of carboxylic acids is 1. The van der Waals surface area contributed by atoms with Gasteiger partial charge >= 0.3 is 12.1 Å². The predicted octanol–water partition coefficient (Wildman–Crippen LogP) is 2.99. The second kappa shape index (κ2) is 5.54. The highest BCUT2D eigenvalue weighted by atomic mass is 19.4. The summed E-state index contributed by atoms with van der Waals surface area (Å²) in [5.74, 6) is -2.51. The van der Waals surface area contributed by atoms with Crippen molar-refractivity contribution < 1.29 is 27.9 Å². The molecule has 124 valence electrons. The Morgan fingerprint density at radius 2 is 1.91 bits per heavy atom. The van der Waals surface area contributed by atoms with E-state index in [4.69, 9.17) is 5.11 Å². The lowest BCUT2D eigenvalue weighted by molar-refractivity contribution is -0.140. The minimum Gasteiger partial charge on any atom is -0.481 e. The molecule has 0 bridgehead atoms. The van der Waals surface area contributed by atoms with Gasteiger partial charge in [-0.15, -0.1) is 0 Å². The third-order valence-electron chi connectivity index (χ3n) is 4.41. The first kappa shape index (κ1) is 15.8. The summed E-state index contributed by atoms with van der Waals surface area (Å²) >= 11 is 0. The van der Waals surface area contributed by atoms with Crippen molar-refractivity contribution in [3.63, 3.8) is 0 Å². The molecular formula is C16H16F3NO3. The Hall–Kier alpha value is -2.05. The number of rotatable bonds is 5. The Morgan fingerprint density at radius 3 is 2.43 bits per heavy atom. The monoisotopic (exact) mass is 327 g/mol. The Bertz CT molecular complexity index is 640. The van der Waals surface area contributed by atoms with E-state index in [0.717, 1.165) is 25.0 Å². The number of alkyl halides is 3. The molecule has 0 spiro atoms. The van der Waals surface area contributed by atoms with Crippen molar-refractivity contribution >= 4 is 11.9 Å². The lowest BCUT2D eigenvalue weighted by atomic mass is 9.99. The van der Waals surface area contributed by atoms with Gasteiger partial charge in [0, 0.05) is 0 Å². The molecule has 7 heteroatoms. The van der Waals surface area contributed by atoms with Gasteiger partial charge in [0.15, 0.2) is 0 Å². The third kappa shape index (κ3) is 3.48. The molecule has 1 aromatic rings. The first-order valence-electron chi connectivity index (χ1n) is 7.47. The minimum absolute atomic E-state index is 0.115. The molecule has 2 N–H and O–H groups in total. The SMILES string of the molecule is O=C(O)C1CC1C(=O)NC(c1cccc(C(F)(F)F)c1)C1CC1. The molecule has 3 rings (SSSR count). The summed E-state index contributed by atoms with van der Waals surface area (Å²) in [6.45, 7) is 0. The molecule has 3 atom stereocenters. The summed E-state index contributed by atoms with van der Waals surface area (Å²) in [6, 6.07) is 4.47. The van der Waals surface area contributed by atoms with E-state index in [1.807, 2.05) is 0 Å². The molecule has 0 radical (unpaired) electrons. The number of amides is 1. The van der Waals surface area contributed by atoms with Gasteiger partial charge in [0.1, 0.15) is 0 Å². The van der Waals surface area contributed by atoms with E-state index < -0.39 is 35.6 Å². The van der Waals surface area contributed by atoms with E-state index >= 15 is 0 Å². The molecule has 0 saturated heterocycles. The van der Waals surface area contributed by atoms with Crippen molar-refractivity contribution in [1.82, 2.24) is 5.32 Å². The van der Waals surface area contributed by atoms with Crippen LogP contribution in [0.3, 0.4) is 0 Å². The van der Waals surface area contributed by atoms with Crippen LogP contribution in [0.5, 0.6) is 0 Å². The van der Waals surface area contributed by atoms with Crippen LogP contribution in [0.25, 0.3) is 0 Å². The van der Waals surface area contributed by atoms with E-state index in [0.29, 0.717) is 12.0 Å². The largest absolute Gasteiger partial charge is 0.481 e. The highest BCUT2D eigenvalue weighted by Gasteiger charge is 2.49. The molecule has 2 saturated carbocycles. The van der Waals surface area contributed by atoms with Crippen LogP contribution in [-0.4, -0.2) is 17.0 Å². The standard InChI is InChI=1S/C16H16F3NO3/c17-16(18,19)10-3-1-2-9(6-10)13(8-4-5-8)20-14(21)11-7-12(11)15(22)23/h1-3,6,8,11-13H,4-5,7H2,(H,20,21)(H,22,23). The number of hydrogen-bond acceptors (Lipinski definition) is 2. The van der Waals surface area contributed by atoms with Crippen molar-refractivity contribution in [2.24, 2.45) is 17.8 Å². The average Bonchev–Trinajstić information content (AvgIpc) is 3.36. The van der Waals surface area contributed by atoms with E-state index in [9.17, 15) is 22.8 Å². The van der Waals surface area contributed by atoms with Crippen LogP contribution < -0.4 is 5.32 Å². The number of benzene rings is 1. The van der Waals surface area contributed by atoms with Crippen LogP contribution in [0.2, 0.25) is 0 Å². The Labute approximate surface area is 130 Å². The number of hydrogen-bond donors (Lipinski definition) is 2. The second-order valence-electron chi connectivity index (χ2n) is 6.23. The number of carboxylic acid groups (broad SMARTS) is 1. The fourth-order valence-corrected chi connectivity index (χ4v) is 2.83. The highest BCUT2D eigenvalue weighted by Crippen LogP contribution is 2.44. The molecule has 23 heavy (non-hydrogen) atoms.